The van der Waals surface area contributed by atoms with Gasteiger partial charge in [0.1, 0.15) is 29.4 Å². The third kappa shape index (κ3) is 2.34. The molecular weight excluding hydrogens is 316 g/mol. The Balaban J connectivity index is 2.11. The third-order valence-corrected chi connectivity index (χ3v) is 3.94. The van der Waals surface area contributed by atoms with Gasteiger partial charge in [0.15, 0.2) is 17.3 Å². The predicted molar refractivity (Wildman–Crippen MR) is 83.5 cm³/mol. The Kier molecular flexibility index (Phi) is 3.84. The molecule has 0 fully saturated rings. The molecule has 0 saturated carbocycles. The van der Waals surface area contributed by atoms with Gasteiger partial charge < -0.3 is 29.5 Å². The van der Waals surface area contributed by atoms with Crippen molar-refractivity contribution in [1.29, 1.82) is 0 Å². The molecule has 0 aliphatic carbocycles. The minimum atomic E-state index is -0.752. The molecule has 0 saturated heterocycles. The Morgan fingerprint density at radius 1 is 1.04 bits per heavy atom. The van der Waals surface area contributed by atoms with Gasteiger partial charge >= 0.3 is 0 Å². The first-order valence-electron chi connectivity index (χ1n) is 7.14. The number of phenolic OH excluding ortho intramolecular Hbond substituents is 3. The van der Waals surface area contributed by atoms with Crippen LogP contribution in [0.15, 0.2) is 24.3 Å². The number of carbonyl (C=O) groups excluding carboxylic acids is 1. The summed E-state index contributed by atoms with van der Waals surface area (Å²) in [7, 11) is 2.78. The molecular formula is C17H16O7. The van der Waals surface area contributed by atoms with E-state index in [-0.39, 0.29) is 52.5 Å². The van der Waals surface area contributed by atoms with Crippen LogP contribution < -0.4 is 14.2 Å². The lowest BCUT2D eigenvalue weighted by Crippen LogP contribution is -2.26. The quantitative estimate of drug-likeness (QED) is 0.791. The number of benzene rings is 2. The average molecular weight is 332 g/mol. The molecule has 0 amide bonds. The summed E-state index contributed by atoms with van der Waals surface area (Å²) in [6, 6.07) is 5.30. The van der Waals surface area contributed by atoms with Gasteiger partial charge in [-0.15, -0.1) is 0 Å². The first-order chi connectivity index (χ1) is 11.5. The maximum atomic E-state index is 12.8. The number of rotatable bonds is 3. The van der Waals surface area contributed by atoms with Crippen LogP contribution in [0.1, 0.15) is 21.8 Å². The smallest absolute Gasteiger partial charge is 0.203 e. The average Bonchev–Trinajstić information content (AvgIpc) is 2.54. The molecule has 0 aromatic heterocycles. The Morgan fingerprint density at radius 3 is 2.42 bits per heavy atom. The van der Waals surface area contributed by atoms with E-state index >= 15 is 0 Å². The number of methoxy groups -OCH3 is 2. The maximum Gasteiger partial charge on any atom is 0.203 e. The van der Waals surface area contributed by atoms with Crippen molar-refractivity contribution >= 4 is 5.78 Å². The molecule has 1 aliphatic heterocycles. The number of Topliss-reactive ketones (excluding diaryl/α,β-unsaturated/α-hetero) is 1. The Morgan fingerprint density at radius 2 is 1.75 bits per heavy atom. The SMILES string of the molecule is COc1c(O)ccc([C@@H]2COc3cc(O)cc(O)c3C2=O)c1OC. The summed E-state index contributed by atoms with van der Waals surface area (Å²) < 4.78 is 16.0. The van der Waals surface area contributed by atoms with E-state index in [1.807, 2.05) is 0 Å². The number of carbonyl (C=O) groups is 1. The monoisotopic (exact) mass is 332 g/mol. The fraction of sp³-hybridized carbons (Fsp3) is 0.235. The van der Waals surface area contributed by atoms with E-state index in [0.717, 1.165) is 6.07 Å². The van der Waals surface area contributed by atoms with Crippen molar-refractivity contribution in [3.05, 3.63) is 35.4 Å². The van der Waals surface area contributed by atoms with E-state index in [1.165, 1.54) is 26.4 Å². The number of fused-ring (bicyclic) bond motifs is 1. The van der Waals surface area contributed by atoms with E-state index in [1.54, 1.807) is 6.07 Å². The fourth-order valence-electron chi connectivity index (χ4n) is 2.85. The molecule has 7 nitrogen and oxygen atoms in total. The lowest BCUT2D eigenvalue weighted by atomic mass is 9.87. The minimum Gasteiger partial charge on any atom is -0.508 e. The number of ether oxygens (including phenoxy) is 3. The van der Waals surface area contributed by atoms with Crippen molar-refractivity contribution < 1.29 is 34.3 Å². The topological polar surface area (TPSA) is 105 Å². The summed E-state index contributed by atoms with van der Waals surface area (Å²) in [5, 5.41) is 29.3. The molecule has 1 aliphatic rings. The van der Waals surface area contributed by atoms with Crippen LogP contribution in [0.25, 0.3) is 0 Å². The predicted octanol–water partition coefficient (Wildman–Crippen LogP) is 2.18. The highest BCUT2D eigenvalue weighted by atomic mass is 16.5. The van der Waals surface area contributed by atoms with Crippen molar-refractivity contribution in [1.82, 2.24) is 0 Å². The van der Waals surface area contributed by atoms with Gasteiger partial charge in [-0.1, -0.05) is 6.07 Å². The summed E-state index contributed by atoms with van der Waals surface area (Å²) in [6.07, 6.45) is 0. The van der Waals surface area contributed by atoms with Crippen LogP contribution in [-0.2, 0) is 0 Å². The lowest BCUT2D eigenvalue weighted by Gasteiger charge is -2.26. The molecule has 7 heteroatoms. The summed E-state index contributed by atoms with van der Waals surface area (Å²) >= 11 is 0. The highest BCUT2D eigenvalue weighted by molar-refractivity contribution is 6.07. The largest absolute Gasteiger partial charge is 0.508 e. The Labute approximate surface area is 137 Å². The van der Waals surface area contributed by atoms with Crippen LogP contribution in [0.3, 0.4) is 0 Å². The molecule has 1 atom stereocenters. The minimum absolute atomic E-state index is 0.000976. The van der Waals surface area contributed by atoms with Gasteiger partial charge in [-0.3, -0.25) is 4.79 Å². The summed E-state index contributed by atoms with van der Waals surface area (Å²) in [5.74, 6) is -1.33. The number of hydrogen-bond acceptors (Lipinski definition) is 7. The molecule has 3 N–H and O–H groups in total. The van der Waals surface area contributed by atoms with Crippen molar-refractivity contribution in [2.45, 2.75) is 5.92 Å². The molecule has 2 aromatic rings. The Hall–Kier alpha value is -3.09. The second-order valence-corrected chi connectivity index (χ2v) is 5.31. The van der Waals surface area contributed by atoms with E-state index < -0.39 is 5.92 Å². The number of aromatic hydroxyl groups is 3. The van der Waals surface area contributed by atoms with Gasteiger partial charge in [0, 0.05) is 17.7 Å². The van der Waals surface area contributed by atoms with Crippen LogP contribution in [-0.4, -0.2) is 41.9 Å². The van der Waals surface area contributed by atoms with Crippen molar-refractivity contribution in [3.8, 4) is 34.5 Å². The van der Waals surface area contributed by atoms with Crippen LogP contribution in [0.5, 0.6) is 34.5 Å². The maximum absolute atomic E-state index is 12.8. The normalized spacial score (nSPS) is 16.2. The molecule has 1 heterocycles. The van der Waals surface area contributed by atoms with Crippen LogP contribution in [0.4, 0.5) is 0 Å². The van der Waals surface area contributed by atoms with Gasteiger partial charge in [-0.05, 0) is 6.07 Å². The third-order valence-electron chi connectivity index (χ3n) is 3.94. The van der Waals surface area contributed by atoms with E-state index in [4.69, 9.17) is 14.2 Å². The van der Waals surface area contributed by atoms with E-state index in [9.17, 15) is 20.1 Å². The first kappa shape index (κ1) is 15.8. The van der Waals surface area contributed by atoms with Gasteiger partial charge in [-0.2, -0.15) is 0 Å². The van der Waals surface area contributed by atoms with E-state index in [0.29, 0.717) is 5.56 Å². The van der Waals surface area contributed by atoms with E-state index in [2.05, 4.69) is 0 Å². The molecule has 2 aromatic carbocycles. The standard InChI is InChI=1S/C17H16O7/c1-22-16-9(3-4-11(19)17(16)23-2)10-7-24-13-6-8(18)5-12(20)14(13)15(10)21/h3-6,10,18-20H,7H2,1-2H3/t10-/m0/s1. The van der Waals surface area contributed by atoms with Gasteiger partial charge in [0.25, 0.3) is 0 Å². The molecule has 0 spiro atoms. The highest BCUT2D eigenvalue weighted by Gasteiger charge is 2.35. The molecule has 0 unspecified atom stereocenters. The number of ketones is 1. The van der Waals surface area contributed by atoms with Crippen LogP contribution in [0.2, 0.25) is 0 Å². The highest BCUT2D eigenvalue weighted by Crippen LogP contribution is 2.46. The lowest BCUT2D eigenvalue weighted by molar-refractivity contribution is 0.0889. The second kappa shape index (κ2) is 5.84. The van der Waals surface area contributed by atoms with Crippen molar-refractivity contribution in [3.63, 3.8) is 0 Å². The van der Waals surface area contributed by atoms with Crippen molar-refractivity contribution in [2.24, 2.45) is 0 Å². The second-order valence-electron chi connectivity index (χ2n) is 5.31. The van der Waals surface area contributed by atoms with Gasteiger partial charge in [-0.25, -0.2) is 0 Å². The molecule has 0 bridgehead atoms. The molecule has 24 heavy (non-hydrogen) atoms. The number of phenols is 3. The summed E-state index contributed by atoms with van der Waals surface area (Å²) in [5.41, 5.74) is 0.466. The molecule has 3 rings (SSSR count). The van der Waals surface area contributed by atoms with Crippen molar-refractivity contribution in [2.75, 3.05) is 20.8 Å². The molecule has 126 valence electrons. The zero-order valence-corrected chi connectivity index (χ0v) is 13.1. The zero-order chi connectivity index (χ0) is 17.4. The van der Waals surface area contributed by atoms with Gasteiger partial charge in [0.2, 0.25) is 5.75 Å². The van der Waals surface area contributed by atoms with Gasteiger partial charge in [0.05, 0.1) is 20.1 Å². The first-order valence-corrected chi connectivity index (χ1v) is 7.14. The molecule has 0 radical (unpaired) electrons. The summed E-state index contributed by atoms with van der Waals surface area (Å²) in [6.45, 7) is -0.000976. The zero-order valence-electron chi connectivity index (χ0n) is 13.1. The van der Waals surface area contributed by atoms with Crippen LogP contribution >= 0.6 is 0 Å². The Bertz CT molecular complexity index is 813. The van der Waals surface area contributed by atoms with Crippen LogP contribution in [0, 0.1) is 0 Å². The number of hydrogen-bond donors (Lipinski definition) is 3. The summed E-state index contributed by atoms with van der Waals surface area (Å²) in [4.78, 5) is 12.8. The fourth-order valence-corrected chi connectivity index (χ4v) is 2.85.